The van der Waals surface area contributed by atoms with E-state index in [0.29, 0.717) is 5.92 Å². The summed E-state index contributed by atoms with van der Waals surface area (Å²) in [5.74, 6) is 1.35. The van der Waals surface area contributed by atoms with E-state index in [1.807, 2.05) is 0 Å². The quantitative estimate of drug-likeness (QED) is 0.746. The van der Waals surface area contributed by atoms with Crippen LogP contribution in [0.15, 0.2) is 0 Å². The second-order valence-corrected chi connectivity index (χ2v) is 5.42. The van der Waals surface area contributed by atoms with E-state index in [2.05, 4.69) is 18.9 Å². The zero-order chi connectivity index (χ0) is 10.1. The molecule has 2 saturated carbocycles. The lowest BCUT2D eigenvalue weighted by Crippen LogP contribution is -2.37. The van der Waals surface area contributed by atoms with E-state index < -0.39 is 0 Å². The molecule has 0 amide bonds. The molecule has 2 heteroatoms. The van der Waals surface area contributed by atoms with Crippen LogP contribution in [0.3, 0.4) is 0 Å². The standard InChI is InChI=1S/C12H23NO/c1-9-3-6-12(14)10(7-9)8-13(2)11-4-5-11/h9-12,14H,3-8H2,1-2H3. The van der Waals surface area contributed by atoms with Gasteiger partial charge in [0.05, 0.1) is 6.10 Å². The van der Waals surface area contributed by atoms with Gasteiger partial charge < -0.3 is 10.0 Å². The number of hydrogen-bond acceptors (Lipinski definition) is 2. The van der Waals surface area contributed by atoms with Gasteiger partial charge in [-0.1, -0.05) is 6.92 Å². The summed E-state index contributed by atoms with van der Waals surface area (Å²) in [6.45, 7) is 3.42. The summed E-state index contributed by atoms with van der Waals surface area (Å²) in [5, 5.41) is 9.91. The van der Waals surface area contributed by atoms with Gasteiger partial charge in [0.1, 0.15) is 0 Å². The van der Waals surface area contributed by atoms with Gasteiger partial charge in [0.25, 0.3) is 0 Å². The Balaban J connectivity index is 1.81. The molecule has 14 heavy (non-hydrogen) atoms. The molecule has 0 aromatic carbocycles. The van der Waals surface area contributed by atoms with Gasteiger partial charge in [-0.2, -0.15) is 0 Å². The number of aliphatic hydroxyl groups excluding tert-OH is 1. The first-order valence-electron chi connectivity index (χ1n) is 6.05. The fraction of sp³-hybridized carbons (Fsp3) is 1.00. The second kappa shape index (κ2) is 4.19. The van der Waals surface area contributed by atoms with Gasteiger partial charge in [0, 0.05) is 12.6 Å². The van der Waals surface area contributed by atoms with Crippen LogP contribution in [-0.2, 0) is 0 Å². The van der Waals surface area contributed by atoms with E-state index in [0.717, 1.165) is 24.9 Å². The molecule has 0 radical (unpaired) electrons. The molecule has 0 bridgehead atoms. The fourth-order valence-corrected chi connectivity index (χ4v) is 2.71. The van der Waals surface area contributed by atoms with Crippen molar-refractivity contribution in [3.63, 3.8) is 0 Å². The van der Waals surface area contributed by atoms with Crippen LogP contribution in [0, 0.1) is 11.8 Å². The van der Waals surface area contributed by atoms with Crippen LogP contribution in [0.1, 0.15) is 39.0 Å². The average molecular weight is 197 g/mol. The van der Waals surface area contributed by atoms with Crippen molar-refractivity contribution >= 4 is 0 Å². The van der Waals surface area contributed by atoms with Crippen LogP contribution in [0.25, 0.3) is 0 Å². The third kappa shape index (κ3) is 2.48. The maximum absolute atomic E-state index is 9.91. The minimum atomic E-state index is -0.0348. The smallest absolute Gasteiger partial charge is 0.0580 e. The highest BCUT2D eigenvalue weighted by molar-refractivity contribution is 4.86. The normalized spacial score (nSPS) is 39.0. The number of hydrogen-bond donors (Lipinski definition) is 1. The van der Waals surface area contributed by atoms with Crippen molar-refractivity contribution in [1.82, 2.24) is 4.90 Å². The summed E-state index contributed by atoms with van der Waals surface area (Å²) in [6, 6.07) is 0.833. The molecule has 2 rings (SSSR count). The van der Waals surface area contributed by atoms with Crippen molar-refractivity contribution in [1.29, 1.82) is 0 Å². The van der Waals surface area contributed by atoms with Gasteiger partial charge in [-0.3, -0.25) is 0 Å². The summed E-state index contributed by atoms with van der Waals surface area (Å²) >= 11 is 0. The Hall–Kier alpha value is -0.0800. The molecule has 2 aliphatic carbocycles. The third-order valence-corrected chi connectivity index (χ3v) is 3.90. The van der Waals surface area contributed by atoms with Gasteiger partial charge >= 0.3 is 0 Å². The molecule has 0 spiro atoms. The lowest BCUT2D eigenvalue weighted by molar-refractivity contribution is 0.0337. The Kier molecular flexibility index (Phi) is 3.13. The van der Waals surface area contributed by atoms with Crippen LogP contribution >= 0.6 is 0 Å². The molecule has 0 aliphatic heterocycles. The molecule has 0 heterocycles. The van der Waals surface area contributed by atoms with E-state index >= 15 is 0 Å². The SMILES string of the molecule is CC1CCC(O)C(CN(C)C2CC2)C1. The van der Waals surface area contributed by atoms with Gasteiger partial charge in [-0.05, 0) is 51.0 Å². The predicted molar refractivity (Wildman–Crippen MR) is 58.2 cm³/mol. The Bertz CT molecular complexity index is 191. The van der Waals surface area contributed by atoms with Crippen LogP contribution < -0.4 is 0 Å². The lowest BCUT2D eigenvalue weighted by atomic mass is 9.80. The predicted octanol–water partition coefficient (Wildman–Crippen LogP) is 1.88. The summed E-state index contributed by atoms with van der Waals surface area (Å²) in [5.41, 5.74) is 0. The van der Waals surface area contributed by atoms with Crippen LogP contribution in [0.4, 0.5) is 0 Å². The monoisotopic (exact) mass is 197 g/mol. The Morgan fingerprint density at radius 3 is 2.57 bits per heavy atom. The van der Waals surface area contributed by atoms with Crippen molar-refractivity contribution in [2.24, 2.45) is 11.8 Å². The van der Waals surface area contributed by atoms with Crippen molar-refractivity contribution < 1.29 is 5.11 Å². The number of aliphatic hydroxyl groups is 1. The molecular formula is C12H23NO. The largest absolute Gasteiger partial charge is 0.393 e. The molecule has 2 nitrogen and oxygen atoms in total. The molecule has 3 unspecified atom stereocenters. The summed E-state index contributed by atoms with van der Waals surface area (Å²) in [6.07, 6.45) is 6.16. The average Bonchev–Trinajstić information content (AvgIpc) is 2.94. The summed E-state index contributed by atoms with van der Waals surface area (Å²) in [4.78, 5) is 2.45. The van der Waals surface area contributed by atoms with E-state index in [-0.39, 0.29) is 6.10 Å². The topological polar surface area (TPSA) is 23.5 Å². The third-order valence-electron chi connectivity index (χ3n) is 3.90. The van der Waals surface area contributed by atoms with Gasteiger partial charge in [0.15, 0.2) is 0 Å². The molecule has 82 valence electrons. The van der Waals surface area contributed by atoms with Crippen LogP contribution in [0.5, 0.6) is 0 Å². The van der Waals surface area contributed by atoms with Gasteiger partial charge in [-0.15, -0.1) is 0 Å². The first-order valence-corrected chi connectivity index (χ1v) is 6.05. The maximum atomic E-state index is 9.91. The lowest BCUT2D eigenvalue weighted by Gasteiger charge is -2.34. The van der Waals surface area contributed by atoms with Gasteiger partial charge in [0.2, 0.25) is 0 Å². The van der Waals surface area contributed by atoms with E-state index in [4.69, 9.17) is 0 Å². The van der Waals surface area contributed by atoms with E-state index in [1.54, 1.807) is 0 Å². The number of rotatable bonds is 3. The zero-order valence-electron chi connectivity index (χ0n) is 9.45. The van der Waals surface area contributed by atoms with E-state index in [1.165, 1.54) is 25.7 Å². The molecule has 0 aromatic heterocycles. The highest BCUT2D eigenvalue weighted by Gasteiger charge is 2.32. The Morgan fingerprint density at radius 1 is 1.21 bits per heavy atom. The molecule has 2 fully saturated rings. The fourth-order valence-electron chi connectivity index (χ4n) is 2.71. The molecule has 1 N–H and O–H groups in total. The maximum Gasteiger partial charge on any atom is 0.0580 e. The minimum absolute atomic E-state index is 0.0348. The number of nitrogens with zero attached hydrogens (tertiary/aromatic N) is 1. The molecular weight excluding hydrogens is 174 g/mol. The van der Waals surface area contributed by atoms with Crippen molar-refractivity contribution in [3.8, 4) is 0 Å². The highest BCUT2D eigenvalue weighted by Crippen LogP contribution is 2.32. The first kappa shape index (κ1) is 10.4. The molecule has 2 aliphatic rings. The van der Waals surface area contributed by atoms with Crippen LogP contribution in [-0.4, -0.2) is 35.7 Å². The highest BCUT2D eigenvalue weighted by atomic mass is 16.3. The van der Waals surface area contributed by atoms with Crippen molar-refractivity contribution in [3.05, 3.63) is 0 Å². The summed E-state index contributed by atoms with van der Waals surface area (Å²) in [7, 11) is 2.21. The van der Waals surface area contributed by atoms with Crippen molar-refractivity contribution in [2.75, 3.05) is 13.6 Å². The van der Waals surface area contributed by atoms with Crippen molar-refractivity contribution in [2.45, 2.75) is 51.2 Å². The second-order valence-electron chi connectivity index (χ2n) is 5.42. The summed E-state index contributed by atoms with van der Waals surface area (Å²) < 4.78 is 0. The Morgan fingerprint density at radius 2 is 1.93 bits per heavy atom. The molecule has 0 saturated heterocycles. The molecule has 0 aromatic rings. The first-order chi connectivity index (χ1) is 6.66. The zero-order valence-corrected chi connectivity index (χ0v) is 9.45. The van der Waals surface area contributed by atoms with Crippen LogP contribution in [0.2, 0.25) is 0 Å². The molecule has 3 atom stereocenters. The minimum Gasteiger partial charge on any atom is -0.393 e. The Labute approximate surface area is 87.3 Å². The van der Waals surface area contributed by atoms with E-state index in [9.17, 15) is 5.11 Å². The van der Waals surface area contributed by atoms with Gasteiger partial charge in [-0.25, -0.2) is 0 Å².